The van der Waals surface area contributed by atoms with Crippen LogP contribution in [0.3, 0.4) is 0 Å². The standard InChI is InChI=1S/C24H24N4O4S/c1-28-14-4-8-23(28)27-33(30,31)22-11-9-20(10-12-22)26-24(29)19-6-2-7-21(15-19)32-17-18-5-3-13-25-16-18/h2-3,5-7,9-13,15-16H,4,8,14,17H2,1H3,(H,26,29)/b27-23+. The van der Waals surface area contributed by atoms with Gasteiger partial charge in [0.2, 0.25) is 0 Å². The van der Waals surface area contributed by atoms with E-state index >= 15 is 0 Å². The lowest BCUT2D eigenvalue weighted by Gasteiger charge is -2.11. The lowest BCUT2D eigenvalue weighted by molar-refractivity contribution is 0.102. The number of carbonyl (C=O) groups excluding carboxylic acids is 1. The van der Waals surface area contributed by atoms with Crippen molar-refractivity contribution in [1.29, 1.82) is 0 Å². The molecule has 0 saturated carbocycles. The second-order valence-electron chi connectivity index (χ2n) is 7.66. The van der Waals surface area contributed by atoms with Crippen LogP contribution in [0.1, 0.15) is 28.8 Å². The van der Waals surface area contributed by atoms with Crippen molar-refractivity contribution in [2.24, 2.45) is 4.40 Å². The average Bonchev–Trinajstić information content (AvgIpc) is 3.22. The molecule has 0 spiro atoms. The van der Waals surface area contributed by atoms with Crippen LogP contribution in [0.2, 0.25) is 0 Å². The second-order valence-corrected chi connectivity index (χ2v) is 9.27. The molecule has 1 amide bonds. The van der Waals surface area contributed by atoms with E-state index in [0.717, 1.165) is 18.5 Å². The largest absolute Gasteiger partial charge is 0.489 e. The maximum absolute atomic E-state index is 12.7. The van der Waals surface area contributed by atoms with E-state index in [0.29, 0.717) is 35.9 Å². The number of hydrogen-bond donors (Lipinski definition) is 1. The molecule has 1 aliphatic heterocycles. The number of carbonyl (C=O) groups is 1. The Kier molecular flexibility index (Phi) is 6.69. The molecule has 1 aromatic heterocycles. The van der Waals surface area contributed by atoms with Crippen molar-refractivity contribution in [1.82, 2.24) is 9.88 Å². The molecule has 0 bridgehead atoms. The lowest BCUT2D eigenvalue weighted by Crippen LogP contribution is -2.20. The van der Waals surface area contributed by atoms with Crippen molar-refractivity contribution in [2.45, 2.75) is 24.3 Å². The first-order valence-corrected chi connectivity index (χ1v) is 11.9. The van der Waals surface area contributed by atoms with Gasteiger partial charge in [0.05, 0.1) is 4.90 Å². The third-order valence-electron chi connectivity index (χ3n) is 5.19. The van der Waals surface area contributed by atoms with Crippen LogP contribution in [0, 0.1) is 0 Å². The van der Waals surface area contributed by atoms with Gasteiger partial charge < -0.3 is 15.0 Å². The van der Waals surface area contributed by atoms with Crippen LogP contribution in [0.5, 0.6) is 5.75 Å². The third kappa shape index (κ3) is 5.75. The number of aromatic nitrogens is 1. The summed E-state index contributed by atoms with van der Waals surface area (Å²) >= 11 is 0. The fraction of sp³-hybridized carbons (Fsp3) is 0.208. The van der Waals surface area contributed by atoms with Gasteiger partial charge in [-0.25, -0.2) is 0 Å². The first-order valence-electron chi connectivity index (χ1n) is 10.5. The normalized spacial score (nSPS) is 14.9. The Morgan fingerprint density at radius 2 is 1.97 bits per heavy atom. The molecule has 1 fully saturated rings. The Labute approximate surface area is 193 Å². The third-order valence-corrected chi connectivity index (χ3v) is 6.51. The lowest BCUT2D eigenvalue weighted by atomic mass is 10.2. The smallest absolute Gasteiger partial charge is 0.283 e. The number of benzene rings is 2. The molecule has 0 unspecified atom stereocenters. The van der Waals surface area contributed by atoms with E-state index in [1.165, 1.54) is 12.1 Å². The minimum Gasteiger partial charge on any atom is -0.489 e. The number of amides is 1. The molecule has 0 atom stereocenters. The van der Waals surface area contributed by atoms with E-state index in [4.69, 9.17) is 4.74 Å². The van der Waals surface area contributed by atoms with Crippen LogP contribution in [0.4, 0.5) is 5.69 Å². The van der Waals surface area contributed by atoms with Gasteiger partial charge in [0, 0.05) is 49.2 Å². The van der Waals surface area contributed by atoms with Crippen molar-refractivity contribution >= 4 is 27.5 Å². The molecule has 8 nitrogen and oxygen atoms in total. The number of hydrogen-bond acceptors (Lipinski definition) is 5. The van der Waals surface area contributed by atoms with Crippen molar-refractivity contribution in [3.05, 3.63) is 84.2 Å². The first kappa shape index (κ1) is 22.5. The van der Waals surface area contributed by atoms with Gasteiger partial charge in [-0.05, 0) is 55.0 Å². The predicted octanol–water partition coefficient (Wildman–Crippen LogP) is 3.73. The number of likely N-dealkylation sites (tertiary alicyclic amines) is 1. The van der Waals surface area contributed by atoms with E-state index in [2.05, 4.69) is 14.7 Å². The highest BCUT2D eigenvalue weighted by atomic mass is 32.2. The molecule has 33 heavy (non-hydrogen) atoms. The highest BCUT2D eigenvalue weighted by Gasteiger charge is 2.20. The van der Waals surface area contributed by atoms with Gasteiger partial charge in [0.25, 0.3) is 15.9 Å². The molecule has 1 saturated heterocycles. The molecular weight excluding hydrogens is 440 g/mol. The number of rotatable bonds is 7. The molecule has 3 aromatic rings. The van der Waals surface area contributed by atoms with Crippen LogP contribution in [0.15, 0.2) is 82.4 Å². The molecule has 1 aliphatic rings. The fourth-order valence-corrected chi connectivity index (χ4v) is 4.49. The van der Waals surface area contributed by atoms with Crippen LogP contribution in [-0.2, 0) is 16.6 Å². The van der Waals surface area contributed by atoms with E-state index in [1.807, 2.05) is 24.1 Å². The van der Waals surface area contributed by atoms with Gasteiger partial charge in [0.1, 0.15) is 18.2 Å². The maximum atomic E-state index is 12.7. The monoisotopic (exact) mass is 464 g/mol. The average molecular weight is 465 g/mol. The van der Waals surface area contributed by atoms with Crippen molar-refractivity contribution in [2.75, 3.05) is 18.9 Å². The zero-order valence-corrected chi connectivity index (χ0v) is 19.0. The molecule has 9 heteroatoms. The summed E-state index contributed by atoms with van der Waals surface area (Å²) in [5.41, 5.74) is 1.82. The van der Waals surface area contributed by atoms with Gasteiger partial charge in [0.15, 0.2) is 0 Å². The summed E-state index contributed by atoms with van der Waals surface area (Å²) < 4.78 is 34.8. The number of anilines is 1. The van der Waals surface area contributed by atoms with Crippen molar-refractivity contribution < 1.29 is 17.9 Å². The SMILES string of the molecule is CN1CCC/C1=N\S(=O)(=O)c1ccc(NC(=O)c2cccc(OCc3cccnc3)c2)cc1. The van der Waals surface area contributed by atoms with Crippen LogP contribution >= 0.6 is 0 Å². The van der Waals surface area contributed by atoms with Gasteiger partial charge in [-0.15, -0.1) is 4.40 Å². The molecule has 1 N–H and O–H groups in total. The number of nitrogens with one attached hydrogen (secondary N) is 1. The van der Waals surface area contributed by atoms with Gasteiger partial charge in [-0.2, -0.15) is 8.42 Å². The summed E-state index contributed by atoms with van der Waals surface area (Å²) in [5, 5.41) is 2.77. The Morgan fingerprint density at radius 3 is 2.67 bits per heavy atom. The number of pyridine rings is 1. The van der Waals surface area contributed by atoms with E-state index in [1.54, 1.807) is 48.8 Å². The predicted molar refractivity (Wildman–Crippen MR) is 126 cm³/mol. The summed E-state index contributed by atoms with van der Waals surface area (Å²) in [5.74, 6) is 0.798. The Hall–Kier alpha value is -3.72. The van der Waals surface area contributed by atoms with Gasteiger partial charge >= 0.3 is 0 Å². The fourth-order valence-electron chi connectivity index (χ4n) is 3.39. The summed E-state index contributed by atoms with van der Waals surface area (Å²) in [6.45, 7) is 1.14. The quantitative estimate of drug-likeness (QED) is 0.572. The molecule has 0 radical (unpaired) electrons. The molecule has 170 valence electrons. The van der Waals surface area contributed by atoms with Gasteiger partial charge in [-0.1, -0.05) is 12.1 Å². The number of sulfonamides is 1. The van der Waals surface area contributed by atoms with Crippen molar-refractivity contribution in [3.8, 4) is 5.75 Å². The highest BCUT2D eigenvalue weighted by Crippen LogP contribution is 2.20. The summed E-state index contributed by atoms with van der Waals surface area (Å²) in [6.07, 6.45) is 4.96. The van der Waals surface area contributed by atoms with E-state index < -0.39 is 10.0 Å². The number of amidine groups is 1. The summed E-state index contributed by atoms with van der Waals surface area (Å²) in [6, 6.07) is 16.6. The summed E-state index contributed by atoms with van der Waals surface area (Å²) in [4.78, 5) is 18.6. The summed E-state index contributed by atoms with van der Waals surface area (Å²) in [7, 11) is -1.96. The topological polar surface area (TPSA) is 101 Å². The van der Waals surface area contributed by atoms with Crippen LogP contribution < -0.4 is 10.1 Å². The van der Waals surface area contributed by atoms with Crippen LogP contribution in [0.25, 0.3) is 0 Å². The first-order chi connectivity index (χ1) is 15.9. The molecule has 2 aromatic carbocycles. The minimum atomic E-state index is -3.80. The number of nitrogens with zero attached hydrogens (tertiary/aromatic N) is 3. The Bertz CT molecular complexity index is 1260. The molecule has 4 rings (SSSR count). The van der Waals surface area contributed by atoms with Crippen molar-refractivity contribution in [3.63, 3.8) is 0 Å². The zero-order chi connectivity index (χ0) is 23.3. The Morgan fingerprint density at radius 1 is 1.15 bits per heavy atom. The molecule has 0 aliphatic carbocycles. The zero-order valence-electron chi connectivity index (χ0n) is 18.1. The second kappa shape index (κ2) is 9.83. The molecular formula is C24H24N4O4S. The maximum Gasteiger partial charge on any atom is 0.283 e. The van der Waals surface area contributed by atoms with Gasteiger partial charge in [-0.3, -0.25) is 9.78 Å². The van der Waals surface area contributed by atoms with E-state index in [-0.39, 0.29) is 10.8 Å². The molecule has 2 heterocycles. The minimum absolute atomic E-state index is 0.0825. The Balaban J connectivity index is 1.40. The highest BCUT2D eigenvalue weighted by molar-refractivity contribution is 7.90. The van der Waals surface area contributed by atoms with E-state index in [9.17, 15) is 13.2 Å². The number of ether oxygens (including phenoxy) is 1. The van der Waals surface area contributed by atoms with Crippen LogP contribution in [-0.4, -0.2) is 43.6 Å².